The molecule has 0 aliphatic carbocycles. The van der Waals surface area contributed by atoms with Crippen molar-refractivity contribution in [3.8, 4) is 34.1 Å². The van der Waals surface area contributed by atoms with Crippen LogP contribution in [-0.4, -0.2) is 21.0 Å². The molecule has 0 saturated heterocycles. The number of nitrogens with zero attached hydrogens (tertiary/aromatic N) is 3. The molecule has 0 spiro atoms. The van der Waals surface area contributed by atoms with Crippen molar-refractivity contribution in [1.82, 2.24) is 15.1 Å². The molecule has 27 heavy (non-hydrogen) atoms. The van der Waals surface area contributed by atoms with Gasteiger partial charge in [0.25, 0.3) is 5.89 Å². The maximum atomic E-state index is 11.1. The van der Waals surface area contributed by atoms with E-state index in [1.165, 1.54) is 6.92 Å². The van der Waals surface area contributed by atoms with E-state index in [1.54, 1.807) is 23.5 Å². The molecular formula is C20H16N4O2S. The van der Waals surface area contributed by atoms with Crippen LogP contribution in [0.5, 0.6) is 0 Å². The Balaban J connectivity index is 1.60. The second kappa shape index (κ2) is 7.13. The van der Waals surface area contributed by atoms with Crippen LogP contribution in [-0.2, 0) is 4.79 Å². The lowest BCUT2D eigenvalue weighted by molar-refractivity contribution is -0.114. The molecule has 0 atom stereocenters. The van der Waals surface area contributed by atoms with Gasteiger partial charge in [-0.15, -0.1) is 11.3 Å². The second-order valence-electron chi connectivity index (χ2n) is 6.01. The molecule has 6 nitrogen and oxygen atoms in total. The van der Waals surface area contributed by atoms with Gasteiger partial charge in [0, 0.05) is 34.7 Å². The molecule has 1 amide bonds. The van der Waals surface area contributed by atoms with E-state index in [0.717, 1.165) is 33.1 Å². The molecule has 4 aromatic rings. The molecule has 7 heteroatoms. The molecule has 4 rings (SSSR count). The third kappa shape index (κ3) is 3.78. The Labute approximate surface area is 159 Å². The van der Waals surface area contributed by atoms with E-state index in [1.807, 2.05) is 48.7 Å². The lowest BCUT2D eigenvalue weighted by atomic mass is 10.1. The van der Waals surface area contributed by atoms with Crippen LogP contribution in [0.15, 0.2) is 58.4 Å². The van der Waals surface area contributed by atoms with Gasteiger partial charge in [0.05, 0.1) is 10.7 Å². The summed E-state index contributed by atoms with van der Waals surface area (Å²) < 4.78 is 5.41. The van der Waals surface area contributed by atoms with Crippen molar-refractivity contribution in [2.75, 3.05) is 5.32 Å². The minimum Gasteiger partial charge on any atom is -0.334 e. The number of thiazole rings is 1. The normalized spacial score (nSPS) is 10.7. The fourth-order valence-electron chi connectivity index (χ4n) is 2.67. The van der Waals surface area contributed by atoms with Gasteiger partial charge in [-0.25, -0.2) is 4.98 Å². The summed E-state index contributed by atoms with van der Waals surface area (Å²) in [6.45, 7) is 3.46. The summed E-state index contributed by atoms with van der Waals surface area (Å²) >= 11 is 1.62. The number of rotatable bonds is 4. The van der Waals surface area contributed by atoms with Crippen LogP contribution in [0.2, 0.25) is 0 Å². The van der Waals surface area contributed by atoms with Gasteiger partial charge in [-0.1, -0.05) is 23.4 Å². The molecule has 1 N–H and O–H groups in total. The van der Waals surface area contributed by atoms with E-state index in [9.17, 15) is 4.79 Å². The van der Waals surface area contributed by atoms with Crippen molar-refractivity contribution in [1.29, 1.82) is 0 Å². The highest BCUT2D eigenvalue weighted by molar-refractivity contribution is 7.09. The highest BCUT2D eigenvalue weighted by Crippen LogP contribution is 2.28. The van der Waals surface area contributed by atoms with Crippen LogP contribution >= 0.6 is 11.3 Å². The first-order valence-electron chi connectivity index (χ1n) is 8.33. The Morgan fingerprint density at radius 3 is 2.52 bits per heavy atom. The van der Waals surface area contributed by atoms with Gasteiger partial charge >= 0.3 is 0 Å². The molecule has 2 heterocycles. The monoisotopic (exact) mass is 376 g/mol. The van der Waals surface area contributed by atoms with Crippen LogP contribution < -0.4 is 5.32 Å². The molecule has 0 radical (unpaired) electrons. The zero-order chi connectivity index (χ0) is 18.8. The summed E-state index contributed by atoms with van der Waals surface area (Å²) in [5.74, 6) is 0.831. The largest absolute Gasteiger partial charge is 0.334 e. The second-order valence-corrected chi connectivity index (χ2v) is 7.08. The third-order valence-corrected chi connectivity index (χ3v) is 4.69. The van der Waals surface area contributed by atoms with E-state index >= 15 is 0 Å². The summed E-state index contributed by atoms with van der Waals surface area (Å²) in [4.78, 5) is 20.1. The van der Waals surface area contributed by atoms with Crippen molar-refractivity contribution >= 4 is 22.9 Å². The van der Waals surface area contributed by atoms with Crippen molar-refractivity contribution in [2.45, 2.75) is 13.8 Å². The van der Waals surface area contributed by atoms with Gasteiger partial charge in [0.15, 0.2) is 0 Å². The van der Waals surface area contributed by atoms with Crippen LogP contribution in [0, 0.1) is 6.92 Å². The average Bonchev–Trinajstić information content (AvgIpc) is 3.31. The Hall–Kier alpha value is -3.32. The van der Waals surface area contributed by atoms with Crippen LogP contribution in [0.25, 0.3) is 34.1 Å². The molecule has 0 fully saturated rings. The highest BCUT2D eigenvalue weighted by Gasteiger charge is 2.12. The predicted octanol–water partition coefficient (Wildman–Crippen LogP) is 4.79. The number of aryl methyl sites for hydroxylation is 1. The summed E-state index contributed by atoms with van der Waals surface area (Å²) in [6.07, 6.45) is 0. The minimum absolute atomic E-state index is 0.113. The number of hydrogen-bond donors (Lipinski definition) is 1. The molecule has 0 unspecified atom stereocenters. The Bertz CT molecular complexity index is 1100. The fraction of sp³-hybridized carbons (Fsp3) is 0.100. The van der Waals surface area contributed by atoms with E-state index in [2.05, 4.69) is 20.4 Å². The number of hydrogen-bond acceptors (Lipinski definition) is 6. The number of benzene rings is 2. The molecule has 2 aromatic heterocycles. The first kappa shape index (κ1) is 17.1. The van der Waals surface area contributed by atoms with Crippen molar-refractivity contribution in [3.63, 3.8) is 0 Å². The van der Waals surface area contributed by atoms with Crippen LogP contribution in [0.1, 0.15) is 11.9 Å². The Kier molecular flexibility index (Phi) is 4.52. The standard InChI is InChI=1S/C20H16N4O2S/c1-12(25)21-17-8-6-14(7-9-17)20-23-19(24-26-20)16-5-3-4-15(10-16)18-11-27-13(2)22-18/h3-11H,1-2H3,(H,21,25). The van der Waals surface area contributed by atoms with E-state index < -0.39 is 0 Å². The molecule has 0 bridgehead atoms. The number of anilines is 1. The lowest BCUT2D eigenvalue weighted by Crippen LogP contribution is -2.05. The molecule has 0 saturated carbocycles. The topological polar surface area (TPSA) is 80.9 Å². The maximum absolute atomic E-state index is 11.1. The zero-order valence-electron chi connectivity index (χ0n) is 14.8. The highest BCUT2D eigenvalue weighted by atomic mass is 32.1. The van der Waals surface area contributed by atoms with Gasteiger partial charge in [-0.3, -0.25) is 4.79 Å². The molecule has 134 valence electrons. The maximum Gasteiger partial charge on any atom is 0.258 e. The van der Waals surface area contributed by atoms with Gasteiger partial charge < -0.3 is 9.84 Å². The van der Waals surface area contributed by atoms with Gasteiger partial charge in [-0.2, -0.15) is 4.98 Å². The summed E-state index contributed by atoms with van der Waals surface area (Å²) in [5, 5.41) is 9.89. The minimum atomic E-state index is -0.113. The van der Waals surface area contributed by atoms with E-state index in [4.69, 9.17) is 4.52 Å². The summed E-state index contributed by atoms with van der Waals surface area (Å²) in [7, 11) is 0. The first-order valence-corrected chi connectivity index (χ1v) is 9.21. The van der Waals surface area contributed by atoms with Gasteiger partial charge in [-0.05, 0) is 37.3 Å². The quantitative estimate of drug-likeness (QED) is 0.554. The number of carbonyl (C=O) groups is 1. The smallest absolute Gasteiger partial charge is 0.258 e. The molecule has 0 aliphatic rings. The molecule has 2 aromatic carbocycles. The van der Waals surface area contributed by atoms with E-state index in [-0.39, 0.29) is 5.91 Å². The summed E-state index contributed by atoms with van der Waals surface area (Å²) in [5.41, 5.74) is 4.33. The van der Waals surface area contributed by atoms with E-state index in [0.29, 0.717) is 11.7 Å². The molecule has 0 aliphatic heterocycles. The first-order chi connectivity index (χ1) is 13.1. The number of amides is 1. The number of nitrogens with one attached hydrogen (secondary N) is 1. The zero-order valence-corrected chi connectivity index (χ0v) is 15.6. The van der Waals surface area contributed by atoms with Gasteiger partial charge in [0.1, 0.15) is 0 Å². The van der Waals surface area contributed by atoms with Crippen molar-refractivity contribution in [2.24, 2.45) is 0 Å². The average molecular weight is 376 g/mol. The Morgan fingerprint density at radius 2 is 1.81 bits per heavy atom. The fourth-order valence-corrected chi connectivity index (χ4v) is 3.29. The Morgan fingerprint density at radius 1 is 1.04 bits per heavy atom. The number of carbonyl (C=O) groups excluding carboxylic acids is 1. The predicted molar refractivity (Wildman–Crippen MR) is 105 cm³/mol. The summed E-state index contributed by atoms with van der Waals surface area (Å²) in [6, 6.07) is 15.2. The van der Waals surface area contributed by atoms with Crippen molar-refractivity contribution in [3.05, 3.63) is 58.9 Å². The van der Waals surface area contributed by atoms with Crippen LogP contribution in [0.3, 0.4) is 0 Å². The van der Waals surface area contributed by atoms with Gasteiger partial charge in [0.2, 0.25) is 11.7 Å². The lowest BCUT2D eigenvalue weighted by Gasteiger charge is -2.01. The number of aromatic nitrogens is 3. The molecular weight excluding hydrogens is 360 g/mol. The SMILES string of the molecule is CC(=O)Nc1ccc(-c2nc(-c3cccc(-c4csc(C)n4)c3)no2)cc1. The van der Waals surface area contributed by atoms with Crippen molar-refractivity contribution < 1.29 is 9.32 Å². The third-order valence-electron chi connectivity index (χ3n) is 3.91. The van der Waals surface area contributed by atoms with Crippen LogP contribution in [0.4, 0.5) is 5.69 Å².